The number of carbonyl (C=O) groups excluding carboxylic acids is 1. The van der Waals surface area contributed by atoms with Crippen molar-refractivity contribution in [2.24, 2.45) is 7.05 Å². The van der Waals surface area contributed by atoms with E-state index < -0.39 is 0 Å². The fourth-order valence-corrected chi connectivity index (χ4v) is 1.98. The third-order valence-electron chi connectivity index (χ3n) is 2.93. The summed E-state index contributed by atoms with van der Waals surface area (Å²) < 4.78 is 1.51. The number of carbonyl (C=O) groups is 1. The van der Waals surface area contributed by atoms with Gasteiger partial charge >= 0.3 is 0 Å². The quantitative estimate of drug-likeness (QED) is 0.923. The topological polar surface area (TPSA) is 70.7 Å². The third kappa shape index (κ3) is 3.45. The minimum atomic E-state index is -0.137. The highest BCUT2D eigenvalue weighted by Crippen LogP contribution is 2.12. The molecule has 0 saturated carbocycles. The summed E-state index contributed by atoms with van der Waals surface area (Å²) >= 11 is 0. The van der Waals surface area contributed by atoms with E-state index in [1.165, 1.54) is 10.2 Å². The number of hydrogen-bond donors (Lipinski definition) is 1. The molecule has 20 heavy (non-hydrogen) atoms. The molecule has 5 nitrogen and oxygen atoms in total. The Morgan fingerprint density at radius 1 is 1.50 bits per heavy atom. The van der Waals surface area contributed by atoms with Crippen LogP contribution in [0.3, 0.4) is 0 Å². The van der Waals surface area contributed by atoms with Crippen LogP contribution >= 0.6 is 0 Å². The van der Waals surface area contributed by atoms with Gasteiger partial charge in [0.25, 0.3) is 0 Å². The fourth-order valence-electron chi connectivity index (χ4n) is 1.98. The van der Waals surface area contributed by atoms with E-state index in [2.05, 4.69) is 16.5 Å². The largest absolute Gasteiger partial charge is 0.308 e. The number of hydrogen-bond acceptors (Lipinski definition) is 3. The second-order valence-corrected chi connectivity index (χ2v) is 4.71. The van der Waals surface area contributed by atoms with Crippen molar-refractivity contribution in [3.63, 3.8) is 0 Å². The predicted molar refractivity (Wildman–Crippen MR) is 76.1 cm³/mol. The first-order chi connectivity index (χ1) is 9.58. The molecule has 1 N–H and O–H groups in total. The lowest BCUT2D eigenvalue weighted by Crippen LogP contribution is -2.13. The van der Waals surface area contributed by atoms with Gasteiger partial charge in [-0.25, -0.2) is 0 Å². The van der Waals surface area contributed by atoms with Gasteiger partial charge in [-0.05, 0) is 18.9 Å². The Bertz CT molecular complexity index is 667. The van der Waals surface area contributed by atoms with Crippen LogP contribution in [-0.2, 0) is 18.3 Å². The van der Waals surface area contributed by atoms with Crippen molar-refractivity contribution in [1.82, 2.24) is 9.78 Å². The van der Waals surface area contributed by atoms with E-state index in [-0.39, 0.29) is 5.91 Å². The molecule has 2 aromatic rings. The first-order valence-corrected chi connectivity index (χ1v) is 6.37. The average molecular weight is 268 g/mol. The number of aryl methyl sites for hydroxylation is 3. The molecule has 0 aliphatic carbocycles. The second-order valence-electron chi connectivity index (χ2n) is 4.71. The number of amides is 1. The van der Waals surface area contributed by atoms with Crippen LogP contribution in [0.4, 0.5) is 5.82 Å². The molecule has 2 rings (SSSR count). The standard InChI is InChI=1S/C15H16N4O/c1-11-4-3-5-12(8-11)6-7-14(20)17-15-13(9-16)10-19(2)18-15/h3-5,8,10H,6-7H2,1-2H3,(H,17,18,20). The smallest absolute Gasteiger partial charge is 0.225 e. The van der Waals surface area contributed by atoms with Gasteiger partial charge in [-0.2, -0.15) is 10.4 Å². The van der Waals surface area contributed by atoms with Crippen LogP contribution < -0.4 is 5.32 Å². The number of aromatic nitrogens is 2. The number of nitrogens with one attached hydrogen (secondary N) is 1. The summed E-state index contributed by atoms with van der Waals surface area (Å²) in [5.74, 6) is 0.186. The van der Waals surface area contributed by atoms with Crippen molar-refractivity contribution in [2.45, 2.75) is 19.8 Å². The molecule has 5 heteroatoms. The normalized spacial score (nSPS) is 10.1. The highest BCUT2D eigenvalue weighted by Gasteiger charge is 2.10. The Hall–Kier alpha value is -2.61. The molecule has 0 atom stereocenters. The van der Waals surface area contributed by atoms with Crippen LogP contribution in [0.1, 0.15) is 23.1 Å². The zero-order valence-corrected chi connectivity index (χ0v) is 11.6. The van der Waals surface area contributed by atoms with Crippen molar-refractivity contribution < 1.29 is 4.79 Å². The maximum absolute atomic E-state index is 11.9. The van der Waals surface area contributed by atoms with E-state index in [4.69, 9.17) is 5.26 Å². The van der Waals surface area contributed by atoms with Crippen LogP contribution in [0.15, 0.2) is 30.5 Å². The lowest BCUT2D eigenvalue weighted by atomic mass is 10.1. The average Bonchev–Trinajstić information content (AvgIpc) is 2.76. The van der Waals surface area contributed by atoms with Gasteiger partial charge in [-0.1, -0.05) is 29.8 Å². The summed E-state index contributed by atoms with van der Waals surface area (Å²) in [7, 11) is 1.71. The number of rotatable bonds is 4. The van der Waals surface area contributed by atoms with E-state index >= 15 is 0 Å². The Labute approximate surface area is 117 Å². The van der Waals surface area contributed by atoms with E-state index in [1.807, 2.05) is 31.2 Å². The van der Waals surface area contributed by atoms with Crippen LogP contribution in [-0.4, -0.2) is 15.7 Å². The first-order valence-electron chi connectivity index (χ1n) is 6.37. The summed E-state index contributed by atoms with van der Waals surface area (Å²) in [4.78, 5) is 11.9. The first kappa shape index (κ1) is 13.8. The number of nitrogens with zero attached hydrogens (tertiary/aromatic N) is 3. The van der Waals surface area contributed by atoms with Crippen molar-refractivity contribution in [3.05, 3.63) is 47.2 Å². The molecule has 0 bridgehead atoms. The van der Waals surface area contributed by atoms with Crippen LogP contribution in [0.5, 0.6) is 0 Å². The van der Waals surface area contributed by atoms with Gasteiger partial charge in [0.05, 0.1) is 0 Å². The van der Waals surface area contributed by atoms with Gasteiger partial charge < -0.3 is 5.32 Å². The molecule has 0 fully saturated rings. The molecule has 0 unspecified atom stereocenters. The zero-order chi connectivity index (χ0) is 14.5. The van der Waals surface area contributed by atoms with Crippen molar-refractivity contribution in [3.8, 4) is 6.07 Å². The van der Waals surface area contributed by atoms with Crippen LogP contribution in [0, 0.1) is 18.3 Å². The number of anilines is 1. The lowest BCUT2D eigenvalue weighted by Gasteiger charge is -2.04. The summed E-state index contributed by atoms with van der Waals surface area (Å²) in [6, 6.07) is 10.1. The van der Waals surface area contributed by atoms with E-state index in [0.717, 1.165) is 5.56 Å². The summed E-state index contributed by atoms with van der Waals surface area (Å²) in [6.45, 7) is 2.02. The molecule has 1 heterocycles. The second kappa shape index (κ2) is 6.02. The molecule has 1 aromatic carbocycles. The molecule has 102 valence electrons. The Balaban J connectivity index is 1.94. The Kier molecular flexibility index (Phi) is 4.16. The summed E-state index contributed by atoms with van der Waals surface area (Å²) in [5.41, 5.74) is 2.68. The zero-order valence-electron chi connectivity index (χ0n) is 11.6. The van der Waals surface area contributed by atoms with Gasteiger partial charge in [0.1, 0.15) is 11.6 Å². The molecular weight excluding hydrogens is 252 g/mol. The SMILES string of the molecule is Cc1cccc(CCC(=O)Nc2nn(C)cc2C#N)c1. The van der Waals surface area contributed by atoms with Gasteiger partial charge in [-0.15, -0.1) is 0 Å². The molecule has 0 aliphatic rings. The predicted octanol–water partition coefficient (Wildman–Crippen LogP) is 2.17. The minimum Gasteiger partial charge on any atom is -0.308 e. The molecular formula is C15H16N4O. The van der Waals surface area contributed by atoms with Gasteiger partial charge in [0, 0.05) is 19.7 Å². The summed E-state index contributed by atoms with van der Waals surface area (Å²) in [5, 5.41) is 15.7. The van der Waals surface area contributed by atoms with Gasteiger partial charge in [0.15, 0.2) is 5.82 Å². The molecule has 1 aromatic heterocycles. The number of benzene rings is 1. The Morgan fingerprint density at radius 2 is 2.30 bits per heavy atom. The van der Waals surface area contributed by atoms with E-state index in [0.29, 0.717) is 24.2 Å². The van der Waals surface area contributed by atoms with Crippen molar-refractivity contribution in [2.75, 3.05) is 5.32 Å². The van der Waals surface area contributed by atoms with Gasteiger partial charge in [-0.3, -0.25) is 9.48 Å². The van der Waals surface area contributed by atoms with Crippen molar-refractivity contribution in [1.29, 1.82) is 5.26 Å². The highest BCUT2D eigenvalue weighted by molar-refractivity contribution is 5.91. The number of nitriles is 1. The molecule has 0 radical (unpaired) electrons. The Morgan fingerprint density at radius 3 is 3.00 bits per heavy atom. The third-order valence-corrected chi connectivity index (χ3v) is 2.93. The maximum Gasteiger partial charge on any atom is 0.225 e. The molecule has 0 saturated heterocycles. The van der Waals surface area contributed by atoms with Gasteiger partial charge in [0.2, 0.25) is 5.91 Å². The van der Waals surface area contributed by atoms with E-state index in [9.17, 15) is 4.79 Å². The molecule has 1 amide bonds. The molecule has 0 spiro atoms. The van der Waals surface area contributed by atoms with E-state index in [1.54, 1.807) is 13.2 Å². The van der Waals surface area contributed by atoms with Crippen molar-refractivity contribution >= 4 is 11.7 Å². The monoisotopic (exact) mass is 268 g/mol. The summed E-state index contributed by atoms with van der Waals surface area (Å²) in [6.07, 6.45) is 2.61. The fraction of sp³-hybridized carbons (Fsp3) is 0.267. The molecule has 0 aliphatic heterocycles. The minimum absolute atomic E-state index is 0.137. The highest BCUT2D eigenvalue weighted by atomic mass is 16.1. The van der Waals surface area contributed by atoms with Crippen LogP contribution in [0.2, 0.25) is 0 Å². The van der Waals surface area contributed by atoms with Crippen LogP contribution in [0.25, 0.3) is 0 Å². The lowest BCUT2D eigenvalue weighted by molar-refractivity contribution is -0.116. The maximum atomic E-state index is 11.9.